The molecule has 1 heterocycles. The van der Waals surface area contributed by atoms with E-state index >= 15 is 0 Å². The lowest BCUT2D eigenvalue weighted by Gasteiger charge is -2.19. The first-order valence-corrected chi connectivity index (χ1v) is 7.40. The summed E-state index contributed by atoms with van der Waals surface area (Å²) in [6, 6.07) is 9.09. The van der Waals surface area contributed by atoms with Crippen LogP contribution < -0.4 is 14.8 Å². The van der Waals surface area contributed by atoms with E-state index in [9.17, 15) is 4.79 Å². The van der Waals surface area contributed by atoms with Gasteiger partial charge in [-0.1, -0.05) is 29.3 Å². The molecule has 0 atom stereocenters. The molecule has 0 spiro atoms. The van der Waals surface area contributed by atoms with Gasteiger partial charge in [0.25, 0.3) is 5.91 Å². The van der Waals surface area contributed by atoms with Gasteiger partial charge in [0, 0.05) is 11.8 Å². The molecule has 1 N–H and O–H groups in total. The van der Waals surface area contributed by atoms with E-state index in [4.69, 9.17) is 21.1 Å². The number of aryl methyl sites for hydroxylation is 2. The van der Waals surface area contributed by atoms with Gasteiger partial charge in [0.1, 0.15) is 13.2 Å². The van der Waals surface area contributed by atoms with Crippen molar-refractivity contribution in [3.05, 3.63) is 52.0 Å². The summed E-state index contributed by atoms with van der Waals surface area (Å²) in [6.07, 6.45) is 0. The van der Waals surface area contributed by atoms with E-state index in [2.05, 4.69) is 5.32 Å². The molecule has 1 aliphatic rings. The monoisotopic (exact) mass is 317 g/mol. The van der Waals surface area contributed by atoms with Crippen LogP contribution in [0, 0.1) is 13.8 Å². The third kappa shape index (κ3) is 2.88. The summed E-state index contributed by atoms with van der Waals surface area (Å²) in [6.45, 7) is 4.91. The molecule has 0 unspecified atom stereocenters. The van der Waals surface area contributed by atoms with E-state index < -0.39 is 0 Å². The molecular formula is C17H16ClNO3. The second-order valence-electron chi connectivity index (χ2n) is 5.25. The molecule has 1 aliphatic heterocycles. The Kier molecular flexibility index (Phi) is 3.94. The number of carbonyl (C=O) groups is 1. The van der Waals surface area contributed by atoms with Crippen molar-refractivity contribution in [1.82, 2.24) is 0 Å². The zero-order valence-corrected chi connectivity index (χ0v) is 13.2. The van der Waals surface area contributed by atoms with Crippen LogP contribution in [0.25, 0.3) is 0 Å². The standard InChI is InChI=1S/C17H16ClNO3/c1-10-3-4-14(11(2)7-10)19-17(20)12-8-15-16(9-13(12)18)22-6-5-21-15/h3-4,7-9H,5-6H2,1-2H3,(H,19,20). The lowest BCUT2D eigenvalue weighted by Crippen LogP contribution is -2.18. The molecule has 2 aromatic carbocycles. The molecule has 1 amide bonds. The number of rotatable bonds is 2. The minimum Gasteiger partial charge on any atom is -0.486 e. The van der Waals surface area contributed by atoms with Crippen LogP contribution in [-0.2, 0) is 0 Å². The van der Waals surface area contributed by atoms with Crippen molar-refractivity contribution in [2.75, 3.05) is 18.5 Å². The third-order valence-corrected chi connectivity index (χ3v) is 3.82. The van der Waals surface area contributed by atoms with Crippen molar-refractivity contribution >= 4 is 23.2 Å². The molecule has 0 saturated carbocycles. The number of nitrogens with one attached hydrogen (secondary N) is 1. The number of hydrogen-bond donors (Lipinski definition) is 1. The van der Waals surface area contributed by atoms with E-state index in [1.165, 1.54) is 0 Å². The van der Waals surface area contributed by atoms with Crippen molar-refractivity contribution < 1.29 is 14.3 Å². The molecule has 22 heavy (non-hydrogen) atoms. The van der Waals surface area contributed by atoms with Crippen LogP contribution in [0.5, 0.6) is 11.5 Å². The Balaban J connectivity index is 1.88. The van der Waals surface area contributed by atoms with E-state index in [-0.39, 0.29) is 5.91 Å². The lowest BCUT2D eigenvalue weighted by molar-refractivity contribution is 0.102. The predicted molar refractivity (Wildman–Crippen MR) is 86.3 cm³/mol. The Morgan fingerprint density at radius 2 is 1.77 bits per heavy atom. The van der Waals surface area contributed by atoms with Crippen LogP contribution >= 0.6 is 11.6 Å². The maximum atomic E-state index is 12.5. The fourth-order valence-corrected chi connectivity index (χ4v) is 2.62. The van der Waals surface area contributed by atoms with Gasteiger partial charge in [-0.05, 0) is 31.5 Å². The number of anilines is 1. The molecule has 5 heteroatoms. The maximum absolute atomic E-state index is 12.5. The number of benzene rings is 2. The molecule has 4 nitrogen and oxygen atoms in total. The first kappa shape index (κ1) is 14.7. The Labute approximate surface area is 134 Å². The molecule has 0 radical (unpaired) electrons. The molecule has 2 aromatic rings. The molecule has 114 valence electrons. The predicted octanol–water partition coefficient (Wildman–Crippen LogP) is 3.98. The van der Waals surface area contributed by atoms with Crippen LogP contribution in [0.4, 0.5) is 5.69 Å². The SMILES string of the molecule is Cc1ccc(NC(=O)c2cc3c(cc2Cl)OCCO3)c(C)c1. The number of halogens is 1. The Bertz CT molecular complexity index is 743. The topological polar surface area (TPSA) is 47.6 Å². The van der Waals surface area contributed by atoms with Gasteiger partial charge in [-0.2, -0.15) is 0 Å². The van der Waals surface area contributed by atoms with E-state index in [1.807, 2.05) is 32.0 Å². The van der Waals surface area contributed by atoms with Crippen LogP contribution in [0.1, 0.15) is 21.5 Å². The molecule has 0 aliphatic carbocycles. The van der Waals surface area contributed by atoms with Crippen LogP contribution in [0.2, 0.25) is 5.02 Å². The Morgan fingerprint density at radius 3 is 2.45 bits per heavy atom. The Morgan fingerprint density at radius 1 is 1.09 bits per heavy atom. The van der Waals surface area contributed by atoms with Gasteiger partial charge < -0.3 is 14.8 Å². The number of amides is 1. The minimum absolute atomic E-state index is 0.270. The van der Waals surface area contributed by atoms with E-state index in [0.717, 1.165) is 16.8 Å². The van der Waals surface area contributed by atoms with Gasteiger partial charge in [0.15, 0.2) is 11.5 Å². The smallest absolute Gasteiger partial charge is 0.257 e. The highest BCUT2D eigenvalue weighted by Gasteiger charge is 2.19. The highest BCUT2D eigenvalue weighted by molar-refractivity contribution is 6.34. The summed E-state index contributed by atoms with van der Waals surface area (Å²) in [7, 11) is 0. The number of fused-ring (bicyclic) bond motifs is 1. The first-order valence-electron chi connectivity index (χ1n) is 7.02. The summed E-state index contributed by atoms with van der Waals surface area (Å²) < 4.78 is 10.9. The molecule has 0 bridgehead atoms. The third-order valence-electron chi connectivity index (χ3n) is 3.51. The van der Waals surface area contributed by atoms with Crippen molar-refractivity contribution in [3.63, 3.8) is 0 Å². The quantitative estimate of drug-likeness (QED) is 0.911. The van der Waals surface area contributed by atoms with E-state index in [0.29, 0.717) is 35.3 Å². The molecule has 0 aromatic heterocycles. The fraction of sp³-hybridized carbons (Fsp3) is 0.235. The summed E-state index contributed by atoms with van der Waals surface area (Å²) in [5.41, 5.74) is 3.28. The zero-order chi connectivity index (χ0) is 15.7. The normalized spacial score (nSPS) is 12.9. The molecule has 0 fully saturated rings. The van der Waals surface area contributed by atoms with Gasteiger partial charge >= 0.3 is 0 Å². The second-order valence-corrected chi connectivity index (χ2v) is 5.66. The summed E-state index contributed by atoms with van der Waals surface area (Å²) in [4.78, 5) is 12.5. The highest BCUT2D eigenvalue weighted by atomic mass is 35.5. The summed E-state index contributed by atoms with van der Waals surface area (Å²) in [5, 5.41) is 3.22. The average Bonchev–Trinajstić information content (AvgIpc) is 2.49. The van der Waals surface area contributed by atoms with Gasteiger partial charge in [0.05, 0.1) is 10.6 Å². The van der Waals surface area contributed by atoms with Crippen molar-refractivity contribution in [2.45, 2.75) is 13.8 Å². The molecule has 3 rings (SSSR count). The Hall–Kier alpha value is -2.20. The minimum atomic E-state index is -0.270. The zero-order valence-electron chi connectivity index (χ0n) is 12.4. The summed E-state index contributed by atoms with van der Waals surface area (Å²) in [5.74, 6) is 0.842. The molecule has 0 saturated heterocycles. The van der Waals surface area contributed by atoms with Crippen LogP contribution in [0.3, 0.4) is 0 Å². The number of ether oxygens (including phenoxy) is 2. The highest BCUT2D eigenvalue weighted by Crippen LogP contribution is 2.35. The molecular weight excluding hydrogens is 302 g/mol. The largest absolute Gasteiger partial charge is 0.486 e. The lowest BCUT2D eigenvalue weighted by atomic mass is 10.1. The fourth-order valence-electron chi connectivity index (χ4n) is 2.38. The van der Waals surface area contributed by atoms with Crippen molar-refractivity contribution in [3.8, 4) is 11.5 Å². The van der Waals surface area contributed by atoms with Gasteiger partial charge in [-0.15, -0.1) is 0 Å². The van der Waals surface area contributed by atoms with Gasteiger partial charge in [-0.25, -0.2) is 0 Å². The van der Waals surface area contributed by atoms with Crippen LogP contribution in [0.15, 0.2) is 30.3 Å². The maximum Gasteiger partial charge on any atom is 0.257 e. The van der Waals surface area contributed by atoms with Crippen molar-refractivity contribution in [1.29, 1.82) is 0 Å². The van der Waals surface area contributed by atoms with Gasteiger partial charge in [0.2, 0.25) is 0 Å². The number of carbonyl (C=O) groups excluding carboxylic acids is 1. The van der Waals surface area contributed by atoms with E-state index in [1.54, 1.807) is 12.1 Å². The summed E-state index contributed by atoms with van der Waals surface area (Å²) >= 11 is 6.19. The van der Waals surface area contributed by atoms with Crippen LogP contribution in [-0.4, -0.2) is 19.1 Å². The second kappa shape index (κ2) is 5.89. The van der Waals surface area contributed by atoms with Crippen molar-refractivity contribution in [2.24, 2.45) is 0 Å². The average molecular weight is 318 g/mol. The van der Waals surface area contributed by atoms with Gasteiger partial charge in [-0.3, -0.25) is 4.79 Å². The number of hydrogen-bond acceptors (Lipinski definition) is 3. The first-order chi connectivity index (χ1) is 10.5.